The van der Waals surface area contributed by atoms with Gasteiger partial charge in [-0.15, -0.1) is 11.6 Å². The van der Waals surface area contributed by atoms with Crippen LogP contribution in [-0.4, -0.2) is 26.1 Å². The summed E-state index contributed by atoms with van der Waals surface area (Å²) < 4.78 is 0. The minimum atomic E-state index is 0.0364. The van der Waals surface area contributed by atoms with Crippen LogP contribution in [0.25, 0.3) is 0 Å². The van der Waals surface area contributed by atoms with Crippen LogP contribution >= 0.6 is 0 Å². The maximum Gasteiger partial charge on any atom is 0.385 e. The third-order valence-electron chi connectivity index (χ3n) is 2.03. The van der Waals surface area contributed by atoms with Crippen LogP contribution in [0.5, 0.6) is 0 Å². The van der Waals surface area contributed by atoms with Crippen molar-refractivity contribution in [3.63, 3.8) is 0 Å². The molecule has 2 aliphatic heterocycles. The molecular formula is C10H10B2N2. The van der Waals surface area contributed by atoms with Crippen LogP contribution in [0.1, 0.15) is 12.8 Å². The number of rotatable bonds is 0. The van der Waals surface area contributed by atoms with Crippen LogP contribution in [0, 0.1) is 11.6 Å². The quantitative estimate of drug-likeness (QED) is 0.395. The molecule has 0 spiro atoms. The van der Waals surface area contributed by atoms with Gasteiger partial charge >= 0.3 is 13.7 Å². The molecule has 0 saturated carbocycles. The van der Waals surface area contributed by atoms with E-state index in [1.54, 1.807) is 0 Å². The van der Waals surface area contributed by atoms with Gasteiger partial charge < -0.3 is 9.81 Å². The topological polar surface area (TPSA) is 24.7 Å². The lowest BCUT2D eigenvalue weighted by molar-refractivity contribution is 1.49. The Morgan fingerprint density at radius 1 is 0.857 bits per heavy atom. The molecule has 0 atom stereocenters. The van der Waals surface area contributed by atoms with Crippen molar-refractivity contribution in [3.05, 3.63) is 24.1 Å². The van der Waals surface area contributed by atoms with Gasteiger partial charge in [-0.05, 0) is 25.3 Å². The second-order valence-electron chi connectivity index (χ2n) is 3.17. The average Bonchev–Trinajstić information content (AvgIpc) is 2.29. The van der Waals surface area contributed by atoms with E-state index in [9.17, 15) is 0 Å². The van der Waals surface area contributed by atoms with E-state index in [0.717, 1.165) is 12.8 Å². The van der Waals surface area contributed by atoms with Crippen LogP contribution in [0.3, 0.4) is 0 Å². The van der Waals surface area contributed by atoms with Gasteiger partial charge in [0.1, 0.15) is 0 Å². The third-order valence-corrected chi connectivity index (χ3v) is 2.03. The average molecular weight is 180 g/mol. The molecule has 0 bridgehead atoms. The Kier molecular flexibility index (Phi) is 3.03. The molecule has 0 aromatic carbocycles. The first-order valence-corrected chi connectivity index (χ1v) is 4.83. The van der Waals surface area contributed by atoms with Gasteiger partial charge in [-0.1, -0.05) is 24.1 Å². The zero-order chi connectivity index (χ0) is 9.64. The fourth-order valence-electron chi connectivity index (χ4n) is 1.33. The van der Waals surface area contributed by atoms with Gasteiger partial charge in [-0.25, -0.2) is 0 Å². The van der Waals surface area contributed by atoms with Crippen molar-refractivity contribution in [1.82, 2.24) is 0 Å². The smallest absolute Gasteiger partial charge is 0.331 e. The normalized spacial score (nSPS) is 18.3. The van der Waals surface area contributed by atoms with Gasteiger partial charge in [0.25, 0.3) is 0 Å². The molecule has 0 aromatic heterocycles. The second-order valence-corrected chi connectivity index (χ2v) is 3.17. The van der Waals surface area contributed by atoms with E-state index in [2.05, 4.69) is 33.6 Å². The molecule has 14 heavy (non-hydrogen) atoms. The van der Waals surface area contributed by atoms with Gasteiger partial charge in [-0.3, -0.25) is 0 Å². The molecule has 0 fully saturated rings. The van der Waals surface area contributed by atoms with Gasteiger partial charge in [0, 0.05) is 0 Å². The molecule has 4 heteroatoms. The highest BCUT2D eigenvalue weighted by atomic mass is 14.6. The predicted octanol–water partition coefficient (Wildman–Crippen LogP) is 1.19. The summed E-state index contributed by atoms with van der Waals surface area (Å²) >= 11 is 0. The Bertz CT molecular complexity index is 313. The van der Waals surface area contributed by atoms with E-state index in [1.165, 1.54) is 0 Å². The number of hydrogen-bond donors (Lipinski definition) is 0. The minimum Gasteiger partial charge on any atom is -0.331 e. The summed E-state index contributed by atoms with van der Waals surface area (Å²) in [5.74, 6) is 10.2. The first kappa shape index (κ1) is 9.08. The van der Waals surface area contributed by atoms with Crippen LogP contribution in [-0.2, 0) is 0 Å². The van der Waals surface area contributed by atoms with Crippen LogP contribution in [0.4, 0.5) is 0 Å². The zero-order valence-corrected chi connectivity index (χ0v) is 7.93. The highest BCUT2D eigenvalue weighted by molar-refractivity contribution is 6.77. The molecule has 2 rings (SSSR count). The molecule has 0 aliphatic carbocycles. The van der Waals surface area contributed by atoms with Gasteiger partial charge in [0.15, 0.2) is 0 Å². The maximum absolute atomic E-state index is 4.25. The van der Waals surface area contributed by atoms with E-state index >= 15 is 0 Å². The van der Waals surface area contributed by atoms with Crippen molar-refractivity contribution in [2.24, 2.45) is 9.81 Å². The van der Waals surface area contributed by atoms with E-state index in [-0.39, 0.29) is 13.7 Å². The van der Waals surface area contributed by atoms with Crippen molar-refractivity contribution in [1.29, 1.82) is 0 Å². The number of allylic oxidation sites excluding steroid dienone is 2. The molecule has 2 nitrogen and oxygen atoms in total. The Hall–Kier alpha value is -1.49. The SMILES string of the molecule is C(#CB1C=CCC=N1)B1C=CCC=N1. The predicted molar refractivity (Wildman–Crippen MR) is 63.8 cm³/mol. The monoisotopic (exact) mass is 180 g/mol. The highest BCUT2D eigenvalue weighted by Crippen LogP contribution is 1.97. The Morgan fingerprint density at radius 2 is 1.36 bits per heavy atom. The van der Waals surface area contributed by atoms with Crippen molar-refractivity contribution in [2.45, 2.75) is 12.8 Å². The van der Waals surface area contributed by atoms with Gasteiger partial charge in [0.2, 0.25) is 0 Å². The Morgan fingerprint density at radius 3 is 1.71 bits per heavy atom. The molecule has 2 aliphatic rings. The number of nitrogens with zero attached hydrogens (tertiary/aromatic N) is 2. The lowest BCUT2D eigenvalue weighted by Crippen LogP contribution is -2.11. The molecule has 0 N–H and O–H groups in total. The lowest BCUT2D eigenvalue weighted by Gasteiger charge is -1.99. The van der Waals surface area contributed by atoms with Crippen LogP contribution in [0.15, 0.2) is 33.9 Å². The van der Waals surface area contributed by atoms with E-state index in [4.69, 9.17) is 0 Å². The Labute approximate surface area is 85.1 Å². The van der Waals surface area contributed by atoms with Crippen molar-refractivity contribution in [3.8, 4) is 11.6 Å². The molecule has 0 amide bonds. The summed E-state index contributed by atoms with van der Waals surface area (Å²) in [7, 11) is 0. The van der Waals surface area contributed by atoms with Gasteiger partial charge in [0.05, 0.1) is 0 Å². The lowest BCUT2D eigenvalue weighted by atomic mass is 9.57. The molecule has 2 heterocycles. The highest BCUT2D eigenvalue weighted by Gasteiger charge is 2.09. The molecule has 0 aromatic rings. The second kappa shape index (κ2) is 4.66. The zero-order valence-electron chi connectivity index (χ0n) is 7.93. The Balaban J connectivity index is 1.98. The van der Waals surface area contributed by atoms with Crippen LogP contribution < -0.4 is 0 Å². The van der Waals surface area contributed by atoms with Gasteiger partial charge in [-0.2, -0.15) is 0 Å². The van der Waals surface area contributed by atoms with Crippen molar-refractivity contribution >= 4 is 26.1 Å². The summed E-state index contributed by atoms with van der Waals surface area (Å²) in [5, 5.41) is 0. The molecule has 0 radical (unpaired) electrons. The fourth-order valence-corrected chi connectivity index (χ4v) is 1.33. The summed E-state index contributed by atoms with van der Waals surface area (Å²) in [4.78, 5) is 8.50. The van der Waals surface area contributed by atoms with Crippen LogP contribution in [0.2, 0.25) is 0 Å². The summed E-state index contributed by atoms with van der Waals surface area (Å²) in [5.41, 5.74) is 0. The molecule has 66 valence electrons. The van der Waals surface area contributed by atoms with Crippen molar-refractivity contribution < 1.29 is 0 Å². The van der Waals surface area contributed by atoms with E-state index in [0.29, 0.717) is 0 Å². The minimum absolute atomic E-state index is 0.0364. The van der Waals surface area contributed by atoms with Crippen molar-refractivity contribution in [2.75, 3.05) is 0 Å². The molecule has 0 unspecified atom stereocenters. The fraction of sp³-hybridized carbons (Fsp3) is 0.200. The first-order valence-electron chi connectivity index (χ1n) is 4.83. The third kappa shape index (κ3) is 2.50. The summed E-state index contributed by atoms with van der Waals surface area (Å²) in [6, 6.07) is 0. The van der Waals surface area contributed by atoms with E-state index < -0.39 is 0 Å². The summed E-state index contributed by atoms with van der Waals surface area (Å²) in [6.45, 7) is 0.0727. The largest absolute Gasteiger partial charge is 0.385 e. The summed E-state index contributed by atoms with van der Waals surface area (Å²) in [6.07, 6.45) is 9.84. The van der Waals surface area contributed by atoms with E-state index in [1.807, 2.05) is 24.4 Å². The number of hydrogen-bond acceptors (Lipinski definition) is 2. The maximum atomic E-state index is 4.25. The molecular weight excluding hydrogens is 170 g/mol. The standard InChI is InChI=1S/C10H10B2N2/c1-3-9-13-11(5-1)7-8-12-6-2-4-10-14-12/h1-2,5-6,9-10H,3-4H2. The molecule has 0 saturated heterocycles. The first-order chi connectivity index (χ1) is 6.95.